The minimum Gasteiger partial charge on any atom is -0.481 e. The molecule has 6 heteroatoms. The summed E-state index contributed by atoms with van der Waals surface area (Å²) >= 11 is 5.80. The second-order valence-corrected chi connectivity index (χ2v) is 6.70. The Balaban J connectivity index is 2.56. The van der Waals surface area contributed by atoms with E-state index < -0.39 is 17.0 Å². The molecule has 0 saturated carbocycles. The number of carbonyl (C=O) groups is 2. The third-order valence-electron chi connectivity index (χ3n) is 3.35. The van der Waals surface area contributed by atoms with Crippen molar-refractivity contribution in [3.63, 3.8) is 0 Å². The zero-order chi connectivity index (χ0) is 17.0. The number of hydrogen-bond donors (Lipinski definition) is 2. The van der Waals surface area contributed by atoms with E-state index in [0.717, 1.165) is 0 Å². The van der Waals surface area contributed by atoms with E-state index in [2.05, 4.69) is 5.32 Å². The van der Waals surface area contributed by atoms with E-state index in [1.54, 1.807) is 52.0 Å². The van der Waals surface area contributed by atoms with Gasteiger partial charge in [-0.25, -0.2) is 0 Å². The molecular weight excluding hydrogens is 306 g/mol. The molecule has 1 rings (SSSR count). The number of ether oxygens (including phenoxy) is 1. The third kappa shape index (κ3) is 5.22. The smallest absolute Gasteiger partial charge is 0.309 e. The Bertz CT molecular complexity index is 538. The summed E-state index contributed by atoms with van der Waals surface area (Å²) in [7, 11) is 0. The molecule has 1 aromatic carbocycles. The van der Waals surface area contributed by atoms with E-state index in [1.165, 1.54) is 0 Å². The van der Waals surface area contributed by atoms with Crippen molar-refractivity contribution in [1.82, 2.24) is 5.32 Å². The highest BCUT2D eigenvalue weighted by Crippen LogP contribution is 2.22. The fourth-order valence-electron chi connectivity index (χ4n) is 1.65. The number of nitrogens with one attached hydrogen (secondary N) is 1. The van der Waals surface area contributed by atoms with Crippen LogP contribution in [0.25, 0.3) is 0 Å². The fraction of sp³-hybridized carbons (Fsp3) is 0.500. The second-order valence-electron chi connectivity index (χ2n) is 6.26. The molecule has 1 amide bonds. The van der Waals surface area contributed by atoms with Gasteiger partial charge in [-0.05, 0) is 58.4 Å². The van der Waals surface area contributed by atoms with Crippen molar-refractivity contribution in [1.29, 1.82) is 0 Å². The molecule has 0 heterocycles. The number of hydrogen-bond acceptors (Lipinski definition) is 3. The number of carboxylic acids is 1. The highest BCUT2D eigenvalue weighted by molar-refractivity contribution is 6.30. The van der Waals surface area contributed by atoms with Crippen LogP contribution in [0.3, 0.4) is 0 Å². The average Bonchev–Trinajstić information content (AvgIpc) is 2.40. The van der Waals surface area contributed by atoms with Gasteiger partial charge < -0.3 is 15.2 Å². The standard InChI is InChI=1S/C16H22ClNO4/c1-15(2,14(20)21)9-10-18-13(19)16(3,4)22-12-7-5-11(17)6-8-12/h5-8H,9-10H2,1-4H3,(H,18,19)(H,20,21). The second kappa shape index (κ2) is 7.01. The van der Waals surface area contributed by atoms with Gasteiger partial charge in [0.05, 0.1) is 5.41 Å². The van der Waals surface area contributed by atoms with Crippen LogP contribution in [0.2, 0.25) is 5.02 Å². The quantitative estimate of drug-likeness (QED) is 0.806. The Kier molecular flexibility index (Phi) is 5.83. The van der Waals surface area contributed by atoms with Crippen molar-refractivity contribution < 1.29 is 19.4 Å². The van der Waals surface area contributed by atoms with Crippen LogP contribution in [-0.4, -0.2) is 29.1 Å². The molecule has 0 saturated heterocycles. The maximum atomic E-state index is 12.2. The van der Waals surface area contributed by atoms with Crippen LogP contribution in [0.5, 0.6) is 5.75 Å². The summed E-state index contributed by atoms with van der Waals surface area (Å²) in [5.41, 5.74) is -1.95. The third-order valence-corrected chi connectivity index (χ3v) is 3.60. The van der Waals surface area contributed by atoms with Crippen LogP contribution in [0.1, 0.15) is 34.1 Å². The van der Waals surface area contributed by atoms with Gasteiger partial charge >= 0.3 is 5.97 Å². The molecule has 0 aliphatic rings. The molecule has 22 heavy (non-hydrogen) atoms. The lowest BCUT2D eigenvalue weighted by Crippen LogP contribution is -2.47. The summed E-state index contributed by atoms with van der Waals surface area (Å²) in [6.07, 6.45) is 0.338. The fourth-order valence-corrected chi connectivity index (χ4v) is 1.78. The SMILES string of the molecule is CC(C)(CCNC(=O)C(C)(C)Oc1ccc(Cl)cc1)C(=O)O. The van der Waals surface area contributed by atoms with Crippen LogP contribution in [0, 0.1) is 5.41 Å². The highest BCUT2D eigenvalue weighted by atomic mass is 35.5. The first-order valence-corrected chi connectivity index (χ1v) is 7.39. The van der Waals surface area contributed by atoms with Crippen molar-refractivity contribution in [2.45, 2.75) is 39.7 Å². The molecule has 0 aliphatic heterocycles. The molecule has 0 spiro atoms. The van der Waals surface area contributed by atoms with Gasteiger partial charge in [0, 0.05) is 11.6 Å². The minimum atomic E-state index is -1.07. The lowest BCUT2D eigenvalue weighted by atomic mass is 9.89. The normalized spacial score (nSPS) is 11.9. The minimum absolute atomic E-state index is 0.269. The molecule has 1 aromatic rings. The maximum absolute atomic E-state index is 12.2. The number of rotatable bonds is 7. The summed E-state index contributed by atoms with van der Waals surface area (Å²) in [6, 6.07) is 6.73. The van der Waals surface area contributed by atoms with Gasteiger partial charge in [-0.1, -0.05) is 11.6 Å². The number of carbonyl (C=O) groups excluding carboxylic acids is 1. The van der Waals surface area contributed by atoms with Gasteiger partial charge in [-0.3, -0.25) is 9.59 Å². The van der Waals surface area contributed by atoms with Gasteiger partial charge in [-0.15, -0.1) is 0 Å². The van der Waals surface area contributed by atoms with E-state index in [0.29, 0.717) is 17.2 Å². The summed E-state index contributed by atoms with van der Waals surface area (Å²) in [5.74, 6) is -0.655. The molecular formula is C16H22ClNO4. The van der Waals surface area contributed by atoms with Gasteiger partial charge in [0.15, 0.2) is 5.60 Å². The molecule has 0 radical (unpaired) electrons. The van der Waals surface area contributed by atoms with Gasteiger partial charge in [-0.2, -0.15) is 0 Å². The van der Waals surface area contributed by atoms with Crippen molar-refractivity contribution in [2.24, 2.45) is 5.41 Å². The first-order valence-electron chi connectivity index (χ1n) is 7.01. The van der Waals surface area contributed by atoms with Crippen molar-refractivity contribution in [2.75, 3.05) is 6.54 Å². The summed E-state index contributed by atoms with van der Waals surface area (Å²) in [6.45, 7) is 6.82. The predicted molar refractivity (Wildman–Crippen MR) is 85.2 cm³/mol. The Hall–Kier alpha value is -1.75. The molecule has 5 nitrogen and oxygen atoms in total. The van der Waals surface area contributed by atoms with Crippen LogP contribution >= 0.6 is 11.6 Å². The van der Waals surface area contributed by atoms with E-state index in [-0.39, 0.29) is 12.5 Å². The molecule has 0 bridgehead atoms. The maximum Gasteiger partial charge on any atom is 0.309 e. The first-order chi connectivity index (χ1) is 10.0. The predicted octanol–water partition coefficient (Wildman–Crippen LogP) is 3.11. The zero-order valence-corrected chi connectivity index (χ0v) is 14.0. The monoisotopic (exact) mass is 327 g/mol. The lowest BCUT2D eigenvalue weighted by Gasteiger charge is -2.26. The Morgan fingerprint density at radius 3 is 2.23 bits per heavy atom. The summed E-state index contributed by atoms with van der Waals surface area (Å²) in [5, 5.41) is 12.3. The van der Waals surface area contributed by atoms with Gasteiger partial charge in [0.1, 0.15) is 5.75 Å². The zero-order valence-electron chi connectivity index (χ0n) is 13.3. The molecule has 122 valence electrons. The molecule has 2 N–H and O–H groups in total. The molecule has 0 aliphatic carbocycles. The summed E-state index contributed by atoms with van der Waals surface area (Å²) < 4.78 is 5.66. The Morgan fingerprint density at radius 2 is 1.73 bits per heavy atom. The number of amides is 1. The Morgan fingerprint density at radius 1 is 1.18 bits per heavy atom. The van der Waals surface area contributed by atoms with E-state index in [1.807, 2.05) is 0 Å². The number of aliphatic carboxylic acids is 1. The van der Waals surface area contributed by atoms with Crippen LogP contribution < -0.4 is 10.1 Å². The van der Waals surface area contributed by atoms with Gasteiger partial charge in [0.2, 0.25) is 0 Å². The largest absolute Gasteiger partial charge is 0.481 e. The Labute approximate surface area is 135 Å². The highest BCUT2D eigenvalue weighted by Gasteiger charge is 2.31. The van der Waals surface area contributed by atoms with E-state index >= 15 is 0 Å². The molecule has 0 fully saturated rings. The first kappa shape index (κ1) is 18.3. The number of halogens is 1. The molecule has 0 atom stereocenters. The van der Waals surface area contributed by atoms with E-state index in [4.69, 9.17) is 21.4 Å². The van der Waals surface area contributed by atoms with Crippen molar-refractivity contribution >= 4 is 23.5 Å². The van der Waals surface area contributed by atoms with Crippen LogP contribution in [-0.2, 0) is 9.59 Å². The average molecular weight is 328 g/mol. The lowest BCUT2D eigenvalue weighted by molar-refractivity contribution is -0.147. The van der Waals surface area contributed by atoms with Crippen molar-refractivity contribution in [3.05, 3.63) is 29.3 Å². The number of carboxylic acid groups (broad SMARTS) is 1. The van der Waals surface area contributed by atoms with E-state index in [9.17, 15) is 9.59 Å². The molecule has 0 unspecified atom stereocenters. The van der Waals surface area contributed by atoms with Crippen LogP contribution in [0.15, 0.2) is 24.3 Å². The topological polar surface area (TPSA) is 75.6 Å². The van der Waals surface area contributed by atoms with Gasteiger partial charge in [0.25, 0.3) is 5.91 Å². The van der Waals surface area contributed by atoms with Crippen molar-refractivity contribution in [3.8, 4) is 5.75 Å². The van der Waals surface area contributed by atoms with Crippen LogP contribution in [0.4, 0.5) is 0 Å². The number of benzene rings is 1. The summed E-state index contributed by atoms with van der Waals surface area (Å²) in [4.78, 5) is 23.2. The molecule has 0 aromatic heterocycles.